The standard InChI is InChI=1S/C24H26N4O2/c29-23-16-22(18-8-4-5-9-18)26-17-28(23)15-14-25-24(30)20-12-6-7-13-21(20)27-19-10-2-1-3-11-19/h1-3,6-7,10-13,16-18,27H,4-5,8-9,14-15H2,(H,25,30). The Balaban J connectivity index is 1.37. The molecule has 1 aromatic heterocycles. The minimum atomic E-state index is -0.183. The largest absolute Gasteiger partial charge is 0.355 e. The second-order valence-electron chi connectivity index (χ2n) is 7.62. The summed E-state index contributed by atoms with van der Waals surface area (Å²) in [6.07, 6.45) is 6.25. The van der Waals surface area contributed by atoms with Gasteiger partial charge in [-0.3, -0.25) is 14.2 Å². The summed E-state index contributed by atoms with van der Waals surface area (Å²) in [5, 5.41) is 6.18. The molecule has 1 heterocycles. The van der Waals surface area contributed by atoms with Crippen LogP contribution in [-0.2, 0) is 6.54 Å². The number of benzene rings is 2. The zero-order valence-electron chi connectivity index (χ0n) is 16.9. The van der Waals surface area contributed by atoms with E-state index in [4.69, 9.17) is 0 Å². The van der Waals surface area contributed by atoms with Crippen LogP contribution in [0.5, 0.6) is 0 Å². The first kappa shape index (κ1) is 19.9. The van der Waals surface area contributed by atoms with Crippen molar-refractivity contribution < 1.29 is 4.79 Å². The van der Waals surface area contributed by atoms with E-state index in [2.05, 4.69) is 15.6 Å². The van der Waals surface area contributed by atoms with Crippen molar-refractivity contribution in [2.24, 2.45) is 0 Å². The Morgan fingerprint density at radius 3 is 2.53 bits per heavy atom. The average molecular weight is 402 g/mol. The number of nitrogens with one attached hydrogen (secondary N) is 2. The van der Waals surface area contributed by atoms with Crippen LogP contribution in [-0.4, -0.2) is 22.0 Å². The maximum absolute atomic E-state index is 12.7. The fourth-order valence-electron chi connectivity index (χ4n) is 3.90. The van der Waals surface area contributed by atoms with E-state index in [1.807, 2.05) is 48.5 Å². The number of nitrogens with zero attached hydrogens (tertiary/aromatic N) is 2. The van der Waals surface area contributed by atoms with Gasteiger partial charge in [0.2, 0.25) is 0 Å². The van der Waals surface area contributed by atoms with Crippen molar-refractivity contribution in [3.63, 3.8) is 0 Å². The topological polar surface area (TPSA) is 76.0 Å². The van der Waals surface area contributed by atoms with Gasteiger partial charge in [-0.1, -0.05) is 43.2 Å². The first-order valence-electron chi connectivity index (χ1n) is 10.5. The molecule has 0 saturated heterocycles. The molecule has 0 radical (unpaired) electrons. The van der Waals surface area contributed by atoms with Crippen molar-refractivity contribution in [2.45, 2.75) is 38.1 Å². The molecule has 30 heavy (non-hydrogen) atoms. The third-order valence-electron chi connectivity index (χ3n) is 5.54. The Labute approximate surface area is 176 Å². The number of hydrogen-bond acceptors (Lipinski definition) is 4. The Morgan fingerprint density at radius 1 is 1.03 bits per heavy atom. The lowest BCUT2D eigenvalue weighted by atomic mass is 10.0. The van der Waals surface area contributed by atoms with E-state index >= 15 is 0 Å². The molecule has 154 valence electrons. The third kappa shape index (κ3) is 4.76. The van der Waals surface area contributed by atoms with Gasteiger partial charge in [-0.05, 0) is 37.1 Å². The second-order valence-corrected chi connectivity index (χ2v) is 7.62. The molecule has 0 bridgehead atoms. The molecule has 2 aromatic carbocycles. The lowest BCUT2D eigenvalue weighted by molar-refractivity contribution is 0.0953. The summed E-state index contributed by atoms with van der Waals surface area (Å²) >= 11 is 0. The fraction of sp³-hybridized carbons (Fsp3) is 0.292. The molecule has 1 aliphatic rings. The molecule has 1 aliphatic carbocycles. The zero-order valence-corrected chi connectivity index (χ0v) is 16.9. The van der Waals surface area contributed by atoms with Crippen LogP contribution in [0.4, 0.5) is 11.4 Å². The van der Waals surface area contributed by atoms with Gasteiger partial charge in [0.1, 0.15) is 0 Å². The van der Waals surface area contributed by atoms with Gasteiger partial charge in [0.25, 0.3) is 11.5 Å². The Morgan fingerprint density at radius 2 is 1.77 bits per heavy atom. The average Bonchev–Trinajstić information content (AvgIpc) is 3.31. The van der Waals surface area contributed by atoms with Gasteiger partial charge < -0.3 is 10.6 Å². The summed E-state index contributed by atoms with van der Waals surface area (Å²) in [4.78, 5) is 29.6. The minimum absolute atomic E-state index is 0.0627. The molecule has 0 aliphatic heterocycles. The molecule has 1 saturated carbocycles. The number of carbonyl (C=O) groups excluding carboxylic acids is 1. The molecule has 2 N–H and O–H groups in total. The van der Waals surface area contributed by atoms with Crippen LogP contribution in [0.3, 0.4) is 0 Å². The number of anilines is 2. The smallest absolute Gasteiger partial charge is 0.253 e. The van der Waals surface area contributed by atoms with E-state index in [0.29, 0.717) is 24.6 Å². The van der Waals surface area contributed by atoms with Crippen LogP contribution >= 0.6 is 0 Å². The van der Waals surface area contributed by atoms with E-state index in [0.717, 1.165) is 29.9 Å². The Kier molecular flexibility index (Phi) is 6.23. The van der Waals surface area contributed by atoms with Crippen molar-refractivity contribution in [2.75, 3.05) is 11.9 Å². The lowest BCUT2D eigenvalue weighted by Gasteiger charge is -2.13. The van der Waals surface area contributed by atoms with Gasteiger partial charge >= 0.3 is 0 Å². The molecule has 0 spiro atoms. The van der Waals surface area contributed by atoms with Crippen molar-refractivity contribution in [3.05, 3.63) is 88.6 Å². The molecular formula is C24H26N4O2. The van der Waals surface area contributed by atoms with Gasteiger partial charge in [-0.25, -0.2) is 4.98 Å². The van der Waals surface area contributed by atoms with Gasteiger partial charge in [-0.2, -0.15) is 0 Å². The normalized spacial score (nSPS) is 13.9. The predicted octanol–water partition coefficient (Wildman–Crippen LogP) is 4.07. The maximum Gasteiger partial charge on any atom is 0.253 e. The van der Waals surface area contributed by atoms with Crippen molar-refractivity contribution >= 4 is 17.3 Å². The maximum atomic E-state index is 12.7. The third-order valence-corrected chi connectivity index (χ3v) is 5.54. The quantitative estimate of drug-likeness (QED) is 0.625. The highest BCUT2D eigenvalue weighted by Gasteiger charge is 2.19. The molecule has 6 heteroatoms. The van der Waals surface area contributed by atoms with Crippen LogP contribution in [0.2, 0.25) is 0 Å². The molecule has 0 unspecified atom stereocenters. The van der Waals surface area contributed by atoms with Crippen LogP contribution in [0.1, 0.15) is 47.7 Å². The fourth-order valence-corrected chi connectivity index (χ4v) is 3.90. The van der Waals surface area contributed by atoms with E-state index in [1.165, 1.54) is 12.8 Å². The molecule has 0 atom stereocenters. The zero-order chi connectivity index (χ0) is 20.8. The number of para-hydroxylation sites is 2. The highest BCUT2D eigenvalue weighted by atomic mass is 16.1. The SMILES string of the molecule is O=C(NCCn1cnc(C2CCCC2)cc1=O)c1ccccc1Nc1ccccc1. The van der Waals surface area contributed by atoms with E-state index in [9.17, 15) is 9.59 Å². The number of hydrogen-bond donors (Lipinski definition) is 2. The van der Waals surface area contributed by atoms with Crippen LogP contribution in [0.25, 0.3) is 0 Å². The van der Waals surface area contributed by atoms with E-state index in [-0.39, 0.29) is 11.5 Å². The summed E-state index contributed by atoms with van der Waals surface area (Å²) in [6.45, 7) is 0.736. The van der Waals surface area contributed by atoms with Crippen molar-refractivity contribution in [3.8, 4) is 0 Å². The molecular weight excluding hydrogens is 376 g/mol. The van der Waals surface area contributed by atoms with Crippen LogP contribution in [0, 0.1) is 0 Å². The highest BCUT2D eigenvalue weighted by molar-refractivity contribution is 6.00. The first-order chi connectivity index (χ1) is 14.7. The number of aromatic nitrogens is 2. The number of carbonyl (C=O) groups is 1. The first-order valence-corrected chi connectivity index (χ1v) is 10.5. The lowest BCUT2D eigenvalue weighted by Crippen LogP contribution is -2.31. The van der Waals surface area contributed by atoms with Crippen LogP contribution in [0.15, 0.2) is 71.8 Å². The number of rotatable bonds is 7. The summed E-state index contributed by atoms with van der Waals surface area (Å²) in [6, 6.07) is 18.7. The summed E-state index contributed by atoms with van der Waals surface area (Å²) in [5.74, 6) is 0.235. The van der Waals surface area contributed by atoms with Crippen molar-refractivity contribution in [1.82, 2.24) is 14.9 Å². The Hall–Kier alpha value is -3.41. The summed E-state index contributed by atoms with van der Waals surface area (Å²) in [7, 11) is 0. The van der Waals surface area contributed by atoms with Gasteiger partial charge in [-0.15, -0.1) is 0 Å². The predicted molar refractivity (Wildman–Crippen MR) is 118 cm³/mol. The molecule has 1 fully saturated rings. The van der Waals surface area contributed by atoms with Gasteiger partial charge in [0.15, 0.2) is 0 Å². The second kappa shape index (κ2) is 9.39. The van der Waals surface area contributed by atoms with Gasteiger partial charge in [0.05, 0.1) is 23.3 Å². The molecule has 6 nitrogen and oxygen atoms in total. The van der Waals surface area contributed by atoms with Crippen LogP contribution < -0.4 is 16.2 Å². The number of amides is 1. The van der Waals surface area contributed by atoms with Gasteiger partial charge in [0, 0.05) is 30.8 Å². The van der Waals surface area contributed by atoms with E-state index < -0.39 is 0 Å². The van der Waals surface area contributed by atoms with Crippen molar-refractivity contribution in [1.29, 1.82) is 0 Å². The highest BCUT2D eigenvalue weighted by Crippen LogP contribution is 2.32. The summed E-state index contributed by atoms with van der Waals surface area (Å²) in [5.41, 5.74) is 3.05. The molecule has 3 aromatic rings. The molecule has 1 amide bonds. The Bertz CT molecular complexity index is 1060. The summed E-state index contributed by atoms with van der Waals surface area (Å²) < 4.78 is 1.55. The minimum Gasteiger partial charge on any atom is -0.355 e. The van der Waals surface area contributed by atoms with E-state index in [1.54, 1.807) is 23.0 Å². The monoisotopic (exact) mass is 402 g/mol. The molecule has 4 rings (SSSR count).